The van der Waals surface area contributed by atoms with Gasteiger partial charge in [-0.05, 0) is 38.2 Å². The van der Waals surface area contributed by atoms with Crippen LogP contribution in [0.1, 0.15) is 5.56 Å². The topological polar surface area (TPSA) is 101 Å². The number of hydrogen-bond donors (Lipinski definition) is 2. The van der Waals surface area contributed by atoms with Crippen molar-refractivity contribution in [3.05, 3.63) is 30.0 Å². The second-order valence-corrected chi connectivity index (χ2v) is 7.44. The minimum atomic E-state index is -3.43. The molecule has 9 heteroatoms. The molecule has 0 radical (unpaired) electrons. The zero-order chi connectivity index (χ0) is 17.7. The Balaban J connectivity index is 2.10. The zero-order valence-corrected chi connectivity index (χ0v) is 14.6. The van der Waals surface area contributed by atoms with E-state index >= 15 is 0 Å². The number of rotatable bonds is 7. The monoisotopic (exact) mass is 355 g/mol. The molecular weight excluding hydrogens is 334 g/mol. The molecule has 24 heavy (non-hydrogen) atoms. The van der Waals surface area contributed by atoms with Gasteiger partial charge < -0.3 is 19.4 Å². The molecule has 0 unspecified atom stereocenters. The number of ether oxygens (including phenoxy) is 2. The Morgan fingerprint density at radius 1 is 1.33 bits per heavy atom. The van der Waals surface area contributed by atoms with Crippen LogP contribution >= 0.6 is 0 Å². The molecule has 2 rings (SSSR count). The molecule has 0 amide bonds. The summed E-state index contributed by atoms with van der Waals surface area (Å²) in [5.41, 5.74) is 1.87. The third kappa shape index (κ3) is 5.22. The number of aromatic amines is 1. The van der Waals surface area contributed by atoms with Gasteiger partial charge in [-0.2, -0.15) is 4.72 Å². The second kappa shape index (κ2) is 7.65. The van der Waals surface area contributed by atoms with E-state index in [0.29, 0.717) is 5.75 Å². The van der Waals surface area contributed by atoms with E-state index in [9.17, 15) is 13.2 Å². The second-order valence-electron chi connectivity index (χ2n) is 5.60. The molecule has 0 aliphatic heterocycles. The minimum Gasteiger partial charge on any atom is -0.417 e. The van der Waals surface area contributed by atoms with Crippen LogP contribution in [-0.2, 0) is 21.2 Å². The third-order valence-electron chi connectivity index (χ3n) is 3.28. The van der Waals surface area contributed by atoms with Gasteiger partial charge in [0.25, 0.3) is 0 Å². The first-order valence-electron chi connectivity index (χ1n) is 7.29. The van der Waals surface area contributed by atoms with Crippen LogP contribution in [0.15, 0.2) is 24.4 Å². The van der Waals surface area contributed by atoms with Crippen LogP contribution in [0.4, 0.5) is 4.79 Å². The van der Waals surface area contributed by atoms with Crippen molar-refractivity contribution in [3.63, 3.8) is 0 Å². The van der Waals surface area contributed by atoms with Gasteiger partial charge in [-0.15, -0.1) is 0 Å². The highest BCUT2D eigenvalue weighted by Gasteiger charge is 2.14. The summed E-state index contributed by atoms with van der Waals surface area (Å²) in [6.07, 6.45) is 2.67. The fraction of sp³-hybridized carbons (Fsp3) is 0.400. The number of carbonyl (C=O) groups excluding carboxylic acids is 1. The van der Waals surface area contributed by atoms with Crippen molar-refractivity contribution in [3.8, 4) is 5.75 Å². The molecule has 0 aliphatic carbocycles. The molecule has 0 spiro atoms. The number of H-pyrrole nitrogens is 1. The lowest BCUT2D eigenvalue weighted by molar-refractivity contribution is 0.0983. The summed E-state index contributed by atoms with van der Waals surface area (Å²) in [6, 6.07) is 5.31. The predicted molar refractivity (Wildman–Crippen MR) is 90.5 cm³/mol. The molecule has 1 aromatic carbocycles. The predicted octanol–water partition coefficient (Wildman–Crippen LogP) is 1.29. The maximum atomic E-state index is 11.7. The number of likely N-dealkylation sites (N-methyl/N-ethyl adjacent to an activating group) is 1. The molecule has 0 atom stereocenters. The first kappa shape index (κ1) is 18.2. The Labute approximate surface area is 140 Å². The van der Waals surface area contributed by atoms with Crippen LogP contribution in [0.2, 0.25) is 0 Å². The van der Waals surface area contributed by atoms with E-state index < -0.39 is 22.9 Å². The van der Waals surface area contributed by atoms with Crippen molar-refractivity contribution in [2.75, 3.05) is 33.6 Å². The first-order chi connectivity index (χ1) is 11.3. The maximum absolute atomic E-state index is 11.7. The molecule has 0 fully saturated rings. The van der Waals surface area contributed by atoms with Crippen LogP contribution in [0.5, 0.6) is 5.75 Å². The Kier molecular flexibility index (Phi) is 5.81. The molecule has 1 heterocycles. The number of nitrogens with one attached hydrogen (secondary N) is 2. The van der Waals surface area contributed by atoms with E-state index in [1.165, 1.54) is 0 Å². The van der Waals surface area contributed by atoms with Crippen LogP contribution in [-0.4, -0.2) is 58.1 Å². The van der Waals surface area contributed by atoms with Gasteiger partial charge in [0.1, 0.15) is 5.75 Å². The normalized spacial score (nSPS) is 11.8. The van der Waals surface area contributed by atoms with Crippen LogP contribution in [0, 0.1) is 0 Å². The summed E-state index contributed by atoms with van der Waals surface area (Å²) in [7, 11) is 0.536. The molecule has 0 saturated heterocycles. The molecule has 0 bridgehead atoms. The van der Waals surface area contributed by atoms with Gasteiger partial charge in [0.15, 0.2) is 6.73 Å². The average Bonchev–Trinajstić information content (AvgIpc) is 2.88. The Hall–Kier alpha value is -2.10. The number of fused-ring (bicyclic) bond motifs is 1. The van der Waals surface area contributed by atoms with Crippen molar-refractivity contribution in [1.29, 1.82) is 0 Å². The van der Waals surface area contributed by atoms with Crippen molar-refractivity contribution in [1.82, 2.24) is 14.6 Å². The van der Waals surface area contributed by atoms with Gasteiger partial charge in [-0.25, -0.2) is 13.2 Å². The van der Waals surface area contributed by atoms with Gasteiger partial charge in [0, 0.05) is 23.6 Å². The first-order valence-corrected chi connectivity index (χ1v) is 9.18. The summed E-state index contributed by atoms with van der Waals surface area (Å²) >= 11 is 0. The van der Waals surface area contributed by atoms with Crippen molar-refractivity contribution in [2.45, 2.75) is 6.42 Å². The summed E-state index contributed by atoms with van der Waals surface area (Å²) in [6.45, 7) is 0.373. The van der Waals surface area contributed by atoms with Gasteiger partial charge in [-0.1, -0.05) is 6.07 Å². The molecular formula is C15H21N3O5S. The standard InChI is InChI=1S/C15H21N3O5S/c1-18(2)8-7-11-9-16-12-5-4-6-13(14(11)12)23-15(19)22-10-17-24(3,20)21/h4-6,9,16-17H,7-8,10H2,1-3H3. The Morgan fingerprint density at radius 3 is 2.75 bits per heavy atom. The molecule has 2 aromatic rings. The van der Waals surface area contributed by atoms with E-state index in [1.807, 2.05) is 26.4 Å². The number of hydrogen-bond acceptors (Lipinski definition) is 6. The van der Waals surface area contributed by atoms with E-state index in [1.54, 1.807) is 12.1 Å². The van der Waals surface area contributed by atoms with E-state index in [-0.39, 0.29) is 0 Å². The minimum absolute atomic E-state index is 0.367. The highest BCUT2D eigenvalue weighted by atomic mass is 32.2. The molecule has 132 valence electrons. The summed E-state index contributed by atoms with van der Waals surface area (Å²) in [4.78, 5) is 17.0. The molecule has 2 N–H and O–H groups in total. The van der Waals surface area contributed by atoms with Crippen molar-refractivity contribution in [2.24, 2.45) is 0 Å². The largest absolute Gasteiger partial charge is 0.515 e. The summed E-state index contributed by atoms with van der Waals surface area (Å²) < 4.78 is 33.8. The Bertz CT molecular complexity index is 814. The third-order valence-corrected chi connectivity index (χ3v) is 3.92. The molecule has 0 saturated carbocycles. The number of benzene rings is 1. The van der Waals surface area contributed by atoms with Gasteiger partial charge in [-0.3, -0.25) is 0 Å². The number of aromatic nitrogens is 1. The fourth-order valence-electron chi connectivity index (χ4n) is 2.16. The summed E-state index contributed by atoms with van der Waals surface area (Å²) in [5, 5.41) is 0.812. The summed E-state index contributed by atoms with van der Waals surface area (Å²) in [5.74, 6) is 0.367. The van der Waals surface area contributed by atoms with Crippen molar-refractivity contribution >= 4 is 27.1 Å². The number of sulfonamides is 1. The lowest BCUT2D eigenvalue weighted by atomic mass is 10.1. The number of carbonyl (C=O) groups is 1. The van der Waals surface area contributed by atoms with Gasteiger partial charge in [0.05, 0.1) is 6.26 Å². The molecule has 1 aromatic heterocycles. The lowest BCUT2D eigenvalue weighted by Gasteiger charge is -2.10. The maximum Gasteiger partial charge on any atom is 0.515 e. The molecule has 8 nitrogen and oxygen atoms in total. The smallest absolute Gasteiger partial charge is 0.417 e. The van der Waals surface area contributed by atoms with Crippen LogP contribution in [0.25, 0.3) is 10.9 Å². The van der Waals surface area contributed by atoms with Crippen LogP contribution < -0.4 is 9.46 Å². The van der Waals surface area contributed by atoms with Gasteiger partial charge >= 0.3 is 6.16 Å². The van der Waals surface area contributed by atoms with E-state index in [2.05, 4.69) is 14.6 Å². The van der Waals surface area contributed by atoms with Crippen LogP contribution in [0.3, 0.4) is 0 Å². The quantitative estimate of drug-likeness (QED) is 0.441. The Morgan fingerprint density at radius 2 is 2.08 bits per heavy atom. The lowest BCUT2D eigenvalue weighted by Crippen LogP contribution is -2.27. The fourth-order valence-corrected chi connectivity index (χ4v) is 2.43. The van der Waals surface area contributed by atoms with Crippen molar-refractivity contribution < 1.29 is 22.7 Å². The average molecular weight is 355 g/mol. The van der Waals surface area contributed by atoms with E-state index in [4.69, 9.17) is 9.47 Å². The zero-order valence-electron chi connectivity index (χ0n) is 13.8. The molecule has 0 aliphatic rings. The van der Waals surface area contributed by atoms with E-state index in [0.717, 1.165) is 35.7 Å². The highest BCUT2D eigenvalue weighted by molar-refractivity contribution is 7.88. The highest BCUT2D eigenvalue weighted by Crippen LogP contribution is 2.29. The van der Waals surface area contributed by atoms with Gasteiger partial charge in [0.2, 0.25) is 10.0 Å². The SMILES string of the molecule is CN(C)CCc1c[nH]c2cccc(OC(=O)OCNS(C)(=O)=O)c12. The number of nitrogens with zero attached hydrogens (tertiary/aromatic N) is 1.